The Morgan fingerprint density at radius 1 is 1.25 bits per heavy atom. The third kappa shape index (κ3) is 5.32. The van der Waals surface area contributed by atoms with Crippen molar-refractivity contribution in [2.45, 2.75) is 44.1 Å². The summed E-state index contributed by atoms with van der Waals surface area (Å²) in [5.74, 6) is 1.73. The molecule has 1 aliphatic rings. The molecule has 1 aromatic heterocycles. The minimum absolute atomic E-state index is 0.0252. The molecule has 0 spiro atoms. The third-order valence-electron chi connectivity index (χ3n) is 5.35. The lowest BCUT2D eigenvalue weighted by molar-refractivity contribution is -0.0957. The van der Waals surface area contributed by atoms with Gasteiger partial charge in [-0.15, -0.1) is 0 Å². The number of rotatable bonds is 3. The van der Waals surface area contributed by atoms with Gasteiger partial charge in [-0.25, -0.2) is 4.98 Å². The number of aliphatic hydroxyl groups excluding tert-OH is 2. The first-order chi connectivity index (χ1) is 13.6. The number of imidazole rings is 1. The molecule has 0 aliphatic carbocycles. The lowest BCUT2D eigenvalue weighted by Crippen LogP contribution is -2.47. The van der Waals surface area contributed by atoms with Gasteiger partial charge in [0.1, 0.15) is 30.4 Å². The minimum Gasteiger partial charge on any atom is -0.491 e. The molecule has 0 saturated heterocycles. The van der Waals surface area contributed by atoms with Crippen LogP contribution in [0.25, 0.3) is 0 Å². The minimum atomic E-state index is -1.04. The molecule has 3 atom stereocenters. The molecular formula is C21H31N3O4. The maximum absolute atomic E-state index is 10.6. The van der Waals surface area contributed by atoms with E-state index in [9.17, 15) is 10.2 Å². The second kappa shape index (κ2) is 10.0. The molecule has 0 saturated carbocycles. The average Bonchev–Trinajstić information content (AvgIpc) is 3.11. The molecule has 3 rings (SSSR count). The Morgan fingerprint density at radius 3 is 2.82 bits per heavy atom. The molecule has 2 heterocycles. The Labute approximate surface area is 166 Å². The first-order valence-electron chi connectivity index (χ1n) is 9.86. The van der Waals surface area contributed by atoms with E-state index in [1.54, 1.807) is 13.3 Å². The number of hydrogen-bond donors (Lipinski definition) is 2. The predicted molar refractivity (Wildman–Crippen MR) is 106 cm³/mol. The smallest absolute Gasteiger partial charge is 0.122 e. The Kier molecular flexibility index (Phi) is 7.44. The third-order valence-corrected chi connectivity index (χ3v) is 5.35. The second-order valence-electron chi connectivity index (χ2n) is 7.40. The summed E-state index contributed by atoms with van der Waals surface area (Å²) in [6, 6.07) is 7.89. The monoisotopic (exact) mass is 389 g/mol. The average molecular weight is 389 g/mol. The van der Waals surface area contributed by atoms with Gasteiger partial charge < -0.3 is 24.3 Å². The van der Waals surface area contributed by atoms with Crippen molar-refractivity contribution < 1.29 is 19.7 Å². The molecule has 1 aliphatic heterocycles. The predicted octanol–water partition coefficient (Wildman–Crippen LogP) is 1.37. The summed E-state index contributed by atoms with van der Waals surface area (Å²) >= 11 is 0. The van der Waals surface area contributed by atoms with Crippen molar-refractivity contribution in [3.63, 3.8) is 0 Å². The topological polar surface area (TPSA) is 80.0 Å². The number of aromatic nitrogens is 2. The highest BCUT2D eigenvalue weighted by atomic mass is 16.5. The van der Waals surface area contributed by atoms with E-state index in [0.29, 0.717) is 13.1 Å². The highest BCUT2D eigenvalue weighted by molar-refractivity contribution is 5.33. The van der Waals surface area contributed by atoms with E-state index >= 15 is 0 Å². The molecule has 154 valence electrons. The van der Waals surface area contributed by atoms with E-state index in [2.05, 4.69) is 16.0 Å². The van der Waals surface area contributed by atoms with E-state index in [4.69, 9.17) is 9.47 Å². The summed E-state index contributed by atoms with van der Waals surface area (Å²) in [6.07, 6.45) is 4.07. The van der Waals surface area contributed by atoms with Gasteiger partial charge in [0.05, 0.1) is 12.6 Å². The lowest BCUT2D eigenvalue weighted by Gasteiger charge is -2.31. The summed E-state index contributed by atoms with van der Waals surface area (Å²) in [7, 11) is 3.54. The highest BCUT2D eigenvalue weighted by Crippen LogP contribution is 2.22. The van der Waals surface area contributed by atoms with Crippen molar-refractivity contribution in [3.8, 4) is 5.75 Å². The second-order valence-corrected chi connectivity index (χ2v) is 7.40. The van der Waals surface area contributed by atoms with Gasteiger partial charge in [-0.3, -0.25) is 4.90 Å². The normalized spacial score (nSPS) is 25.1. The van der Waals surface area contributed by atoms with Crippen molar-refractivity contribution in [2.24, 2.45) is 7.05 Å². The SMILES string of the molecule is CO[C@H]1CN(Cc2nccn2C)CCCCc2ccccc2OC[C@@H](O)[C@H]1O. The van der Waals surface area contributed by atoms with Gasteiger partial charge in [0, 0.05) is 33.1 Å². The number of aliphatic hydroxyl groups is 2. The van der Waals surface area contributed by atoms with E-state index in [-0.39, 0.29) is 6.61 Å². The van der Waals surface area contributed by atoms with Crippen LogP contribution in [-0.4, -0.2) is 69.8 Å². The fourth-order valence-corrected chi connectivity index (χ4v) is 3.58. The van der Waals surface area contributed by atoms with Crippen LogP contribution in [0.5, 0.6) is 5.75 Å². The van der Waals surface area contributed by atoms with Gasteiger partial charge in [0.15, 0.2) is 0 Å². The van der Waals surface area contributed by atoms with Crippen molar-refractivity contribution in [1.82, 2.24) is 14.5 Å². The van der Waals surface area contributed by atoms with Crippen molar-refractivity contribution in [2.75, 3.05) is 26.8 Å². The Bertz CT molecular complexity index is 736. The fourth-order valence-electron chi connectivity index (χ4n) is 3.58. The molecule has 2 N–H and O–H groups in total. The van der Waals surface area contributed by atoms with Crippen LogP contribution in [-0.2, 0) is 24.8 Å². The highest BCUT2D eigenvalue weighted by Gasteiger charge is 2.29. The van der Waals surface area contributed by atoms with Crippen LogP contribution in [0.1, 0.15) is 24.2 Å². The molecule has 0 amide bonds. The number of aryl methyl sites for hydroxylation is 2. The summed E-state index contributed by atoms with van der Waals surface area (Å²) in [4.78, 5) is 6.65. The summed E-state index contributed by atoms with van der Waals surface area (Å²) < 4.78 is 13.3. The van der Waals surface area contributed by atoms with Gasteiger partial charge in [0.25, 0.3) is 0 Å². The van der Waals surface area contributed by atoms with Gasteiger partial charge >= 0.3 is 0 Å². The Hall–Kier alpha value is -1.93. The number of benzene rings is 1. The maximum atomic E-state index is 10.6. The molecule has 0 bridgehead atoms. The van der Waals surface area contributed by atoms with Gasteiger partial charge in [-0.1, -0.05) is 18.2 Å². The van der Waals surface area contributed by atoms with E-state index < -0.39 is 18.3 Å². The number of ether oxygens (including phenoxy) is 2. The van der Waals surface area contributed by atoms with Crippen molar-refractivity contribution in [3.05, 3.63) is 48.0 Å². The maximum Gasteiger partial charge on any atom is 0.122 e. The van der Waals surface area contributed by atoms with E-state index in [1.165, 1.54) is 0 Å². The van der Waals surface area contributed by atoms with Crippen LogP contribution >= 0.6 is 0 Å². The molecule has 0 fully saturated rings. The zero-order valence-corrected chi connectivity index (χ0v) is 16.7. The lowest BCUT2D eigenvalue weighted by atomic mass is 10.1. The molecule has 28 heavy (non-hydrogen) atoms. The molecule has 0 unspecified atom stereocenters. The van der Waals surface area contributed by atoms with E-state index in [0.717, 1.165) is 42.9 Å². The summed E-state index contributed by atoms with van der Waals surface area (Å²) in [6.45, 7) is 2.06. The number of hydrogen-bond acceptors (Lipinski definition) is 6. The summed E-state index contributed by atoms with van der Waals surface area (Å²) in [5, 5.41) is 21.1. The molecule has 0 radical (unpaired) electrons. The largest absolute Gasteiger partial charge is 0.491 e. The quantitative estimate of drug-likeness (QED) is 0.826. The molecular weight excluding hydrogens is 358 g/mol. The molecule has 2 aromatic rings. The molecule has 7 nitrogen and oxygen atoms in total. The zero-order valence-electron chi connectivity index (χ0n) is 16.7. The first-order valence-corrected chi connectivity index (χ1v) is 9.86. The molecule has 7 heteroatoms. The van der Waals surface area contributed by atoms with Gasteiger partial charge in [-0.2, -0.15) is 0 Å². The standard InChI is InChI=1S/C21H31N3O4/c1-23-12-10-22-20(23)14-24-11-6-5-8-16-7-3-4-9-18(16)28-15-17(25)21(26)19(13-24)27-2/h3-4,7,9-10,12,17,19,21,25-26H,5-6,8,11,13-15H2,1-2H3/t17-,19+,21-/m1/s1. The zero-order chi connectivity index (χ0) is 19.9. The Morgan fingerprint density at radius 2 is 2.07 bits per heavy atom. The number of nitrogens with zero attached hydrogens (tertiary/aromatic N) is 3. The van der Waals surface area contributed by atoms with E-state index in [1.807, 2.05) is 36.0 Å². The van der Waals surface area contributed by atoms with Crippen LogP contribution in [0.15, 0.2) is 36.7 Å². The van der Waals surface area contributed by atoms with Crippen LogP contribution < -0.4 is 4.74 Å². The van der Waals surface area contributed by atoms with Crippen LogP contribution in [0.2, 0.25) is 0 Å². The number of para-hydroxylation sites is 1. The van der Waals surface area contributed by atoms with Crippen LogP contribution in [0.3, 0.4) is 0 Å². The van der Waals surface area contributed by atoms with Crippen molar-refractivity contribution in [1.29, 1.82) is 0 Å². The Balaban J connectivity index is 1.77. The van der Waals surface area contributed by atoms with Gasteiger partial charge in [0.2, 0.25) is 0 Å². The molecule has 1 aromatic carbocycles. The van der Waals surface area contributed by atoms with Crippen LogP contribution in [0.4, 0.5) is 0 Å². The van der Waals surface area contributed by atoms with Crippen molar-refractivity contribution >= 4 is 0 Å². The van der Waals surface area contributed by atoms with Crippen LogP contribution in [0, 0.1) is 0 Å². The first kappa shape index (κ1) is 20.8. The number of fused-ring (bicyclic) bond motifs is 1. The van der Waals surface area contributed by atoms with Gasteiger partial charge in [-0.05, 0) is 37.4 Å². The summed E-state index contributed by atoms with van der Waals surface area (Å²) in [5.41, 5.74) is 1.13. The fraction of sp³-hybridized carbons (Fsp3) is 0.571. The number of methoxy groups -OCH3 is 1.